The summed E-state index contributed by atoms with van der Waals surface area (Å²) < 4.78 is 1.01. The second-order valence-corrected chi connectivity index (χ2v) is 3.47. The average Bonchev–Trinajstić information content (AvgIpc) is 2.35. The van der Waals surface area contributed by atoms with Gasteiger partial charge in [-0.15, -0.1) is 4.98 Å². The van der Waals surface area contributed by atoms with Crippen LogP contribution in [0.5, 0.6) is 5.75 Å². The smallest absolute Gasteiger partial charge is 0.379 e. The molecule has 1 N–H and O–H groups in total. The van der Waals surface area contributed by atoms with E-state index in [2.05, 4.69) is 9.83 Å². The Hall–Kier alpha value is -2.95. The van der Waals surface area contributed by atoms with E-state index < -0.39 is 21.9 Å². The van der Waals surface area contributed by atoms with E-state index in [-0.39, 0.29) is 16.9 Å². The fourth-order valence-electron chi connectivity index (χ4n) is 1.59. The zero-order chi connectivity index (χ0) is 13.4. The minimum absolute atomic E-state index is 0.0225. The van der Waals surface area contributed by atoms with E-state index in [1.807, 2.05) is 0 Å². The highest BCUT2D eigenvalue weighted by atomic mass is 16.6. The molecule has 0 amide bonds. The van der Waals surface area contributed by atoms with E-state index in [9.17, 15) is 20.0 Å². The van der Waals surface area contributed by atoms with E-state index in [0.29, 0.717) is 0 Å². The van der Waals surface area contributed by atoms with Crippen LogP contribution in [0.1, 0.15) is 0 Å². The van der Waals surface area contributed by atoms with Gasteiger partial charge in [-0.25, -0.2) is 0 Å². The van der Waals surface area contributed by atoms with Crippen molar-refractivity contribution in [2.75, 3.05) is 0 Å². The Morgan fingerprint density at radius 1 is 1.56 bits per heavy atom. The van der Waals surface area contributed by atoms with Crippen LogP contribution in [0.4, 0.5) is 11.5 Å². The molecule has 0 atom stereocenters. The highest BCUT2D eigenvalue weighted by Gasteiger charge is 2.27. The molecule has 0 bridgehead atoms. The van der Waals surface area contributed by atoms with Crippen molar-refractivity contribution in [3.63, 3.8) is 0 Å². The zero-order valence-corrected chi connectivity index (χ0v) is 9.12. The molecule has 0 aliphatic carbocycles. The van der Waals surface area contributed by atoms with Crippen molar-refractivity contribution in [2.24, 2.45) is 7.05 Å². The summed E-state index contributed by atoms with van der Waals surface area (Å²) >= 11 is 0. The van der Waals surface area contributed by atoms with Gasteiger partial charge in [0.2, 0.25) is 5.52 Å². The monoisotopic (exact) mass is 246 g/mol. The first-order valence-corrected chi connectivity index (χ1v) is 4.72. The van der Waals surface area contributed by atoms with Gasteiger partial charge in [0.05, 0.1) is 10.4 Å². The molecular weight excluding hydrogens is 240 g/mol. The van der Waals surface area contributed by atoms with Gasteiger partial charge in [-0.05, 0) is 12.1 Å². The molecule has 0 aliphatic heterocycles. The van der Waals surface area contributed by atoms with Gasteiger partial charge in [-0.2, -0.15) is 0 Å². The third-order valence-electron chi connectivity index (χ3n) is 2.47. The van der Waals surface area contributed by atoms with E-state index >= 15 is 0 Å². The maximum absolute atomic E-state index is 11.7. The highest BCUT2D eigenvalue weighted by Crippen LogP contribution is 2.30. The average molecular weight is 246 g/mol. The maximum atomic E-state index is 11.7. The molecule has 0 aromatic carbocycles. The number of rotatable bonds is 1. The van der Waals surface area contributed by atoms with Crippen molar-refractivity contribution < 1.29 is 10.0 Å². The zero-order valence-electron chi connectivity index (χ0n) is 9.12. The van der Waals surface area contributed by atoms with Crippen LogP contribution < -0.4 is 5.56 Å². The van der Waals surface area contributed by atoms with E-state index in [1.165, 1.54) is 19.2 Å². The van der Waals surface area contributed by atoms with Crippen molar-refractivity contribution in [3.05, 3.63) is 44.0 Å². The summed E-state index contributed by atoms with van der Waals surface area (Å²) in [6, 6.07) is 2.76. The SMILES string of the molecule is [C-]#[N+]c1ccc2c(n1)c(O)c([N+](=O)[O-])c(=O)n2C. The Kier molecular flexibility index (Phi) is 2.44. The molecule has 8 heteroatoms. The second-order valence-electron chi connectivity index (χ2n) is 3.47. The van der Waals surface area contributed by atoms with Gasteiger partial charge in [0, 0.05) is 7.05 Å². The standard InChI is InChI=1S/C10H6N4O4/c1-11-6-4-3-5-7(12-6)9(15)8(14(17)18)10(16)13(5)2/h3-4,15H,2H3. The topological polar surface area (TPSA) is 103 Å². The summed E-state index contributed by atoms with van der Waals surface area (Å²) in [6.07, 6.45) is 0. The van der Waals surface area contributed by atoms with Crippen molar-refractivity contribution in [2.45, 2.75) is 0 Å². The quantitative estimate of drug-likeness (QED) is 0.461. The predicted molar refractivity (Wildman–Crippen MR) is 61.6 cm³/mol. The number of hydrogen-bond acceptors (Lipinski definition) is 5. The van der Waals surface area contributed by atoms with Crippen molar-refractivity contribution in [3.8, 4) is 5.75 Å². The molecule has 0 saturated carbocycles. The van der Waals surface area contributed by atoms with Gasteiger partial charge in [-0.1, -0.05) is 6.57 Å². The van der Waals surface area contributed by atoms with Crippen LogP contribution in [0.3, 0.4) is 0 Å². The number of fused-ring (bicyclic) bond motifs is 1. The summed E-state index contributed by atoms with van der Waals surface area (Å²) in [7, 11) is 1.33. The summed E-state index contributed by atoms with van der Waals surface area (Å²) in [5.74, 6) is -0.839. The first kappa shape index (κ1) is 11.5. The molecule has 2 aromatic rings. The molecule has 0 radical (unpaired) electrons. The minimum atomic E-state index is -0.969. The molecule has 90 valence electrons. The molecule has 8 nitrogen and oxygen atoms in total. The van der Waals surface area contributed by atoms with Gasteiger partial charge < -0.3 is 14.5 Å². The number of aromatic nitrogens is 2. The van der Waals surface area contributed by atoms with Gasteiger partial charge in [0.1, 0.15) is 0 Å². The van der Waals surface area contributed by atoms with Crippen LogP contribution in [-0.4, -0.2) is 19.6 Å². The summed E-state index contributed by atoms with van der Waals surface area (Å²) in [5.41, 5.74) is -1.80. The van der Waals surface area contributed by atoms with Crippen LogP contribution in [0.25, 0.3) is 15.9 Å². The predicted octanol–water partition coefficient (Wildman–Crippen LogP) is 1.10. The van der Waals surface area contributed by atoms with Crippen LogP contribution in [0, 0.1) is 16.7 Å². The third kappa shape index (κ3) is 1.46. The van der Waals surface area contributed by atoms with Gasteiger partial charge in [0.25, 0.3) is 11.6 Å². The summed E-state index contributed by atoms with van der Waals surface area (Å²) in [5, 5.41) is 20.5. The molecule has 2 aromatic heterocycles. The lowest BCUT2D eigenvalue weighted by atomic mass is 10.2. The number of aryl methyl sites for hydroxylation is 1. The Balaban J connectivity index is 3.05. The minimum Gasteiger partial charge on any atom is -0.499 e. The van der Waals surface area contributed by atoms with E-state index in [0.717, 1.165) is 4.57 Å². The van der Waals surface area contributed by atoms with Crippen LogP contribution >= 0.6 is 0 Å². The Bertz CT molecular complexity index is 772. The molecule has 2 rings (SSSR count). The molecule has 18 heavy (non-hydrogen) atoms. The van der Waals surface area contributed by atoms with Crippen molar-refractivity contribution in [1.82, 2.24) is 9.55 Å². The lowest BCUT2D eigenvalue weighted by Gasteiger charge is -2.04. The maximum Gasteiger partial charge on any atom is 0.379 e. The largest absolute Gasteiger partial charge is 0.499 e. The molecule has 0 saturated heterocycles. The Morgan fingerprint density at radius 2 is 2.22 bits per heavy atom. The summed E-state index contributed by atoms with van der Waals surface area (Å²) in [4.78, 5) is 28.3. The first-order valence-electron chi connectivity index (χ1n) is 4.72. The Labute approximate surface area is 99.7 Å². The lowest BCUT2D eigenvalue weighted by Crippen LogP contribution is -2.20. The molecular formula is C10H6N4O4. The number of hydrogen-bond donors (Lipinski definition) is 1. The third-order valence-corrected chi connectivity index (χ3v) is 2.47. The van der Waals surface area contributed by atoms with Gasteiger partial charge in [0.15, 0.2) is 0 Å². The van der Waals surface area contributed by atoms with Gasteiger partial charge >= 0.3 is 11.2 Å². The number of aromatic hydroxyl groups is 1. The summed E-state index contributed by atoms with van der Waals surface area (Å²) in [6.45, 7) is 6.80. The van der Waals surface area contributed by atoms with Crippen LogP contribution in [0.15, 0.2) is 16.9 Å². The fourth-order valence-corrected chi connectivity index (χ4v) is 1.59. The van der Waals surface area contributed by atoms with Gasteiger partial charge in [-0.3, -0.25) is 14.9 Å². The second kappa shape index (κ2) is 3.81. The van der Waals surface area contributed by atoms with Crippen molar-refractivity contribution in [1.29, 1.82) is 0 Å². The fraction of sp³-hybridized carbons (Fsp3) is 0.100. The number of nitro groups is 1. The van der Waals surface area contributed by atoms with Crippen LogP contribution in [-0.2, 0) is 7.05 Å². The normalized spacial score (nSPS) is 10.2. The molecule has 0 unspecified atom stereocenters. The first-order chi connectivity index (χ1) is 8.47. The van der Waals surface area contributed by atoms with Crippen molar-refractivity contribution >= 4 is 22.5 Å². The number of nitrogens with zero attached hydrogens (tertiary/aromatic N) is 4. The number of pyridine rings is 2. The molecule has 0 fully saturated rings. The van der Waals surface area contributed by atoms with Crippen LogP contribution in [0.2, 0.25) is 0 Å². The molecule has 0 spiro atoms. The highest BCUT2D eigenvalue weighted by molar-refractivity contribution is 5.86. The van der Waals surface area contributed by atoms with E-state index in [4.69, 9.17) is 6.57 Å². The Morgan fingerprint density at radius 3 is 2.78 bits per heavy atom. The molecule has 0 aliphatic rings. The molecule has 2 heterocycles. The lowest BCUT2D eigenvalue weighted by molar-refractivity contribution is -0.387. The van der Waals surface area contributed by atoms with E-state index in [1.54, 1.807) is 0 Å².